The molecule has 0 bridgehead atoms. The summed E-state index contributed by atoms with van der Waals surface area (Å²) >= 11 is 5.94. The molecule has 0 spiro atoms. The van der Waals surface area contributed by atoms with Crippen molar-refractivity contribution in [2.75, 3.05) is 13.1 Å². The minimum atomic E-state index is -4.95. The second-order valence-electron chi connectivity index (χ2n) is 5.23. The summed E-state index contributed by atoms with van der Waals surface area (Å²) < 4.78 is 40.6. The number of carbonyl (C=O) groups excluding carboxylic acids is 1. The zero-order valence-corrected chi connectivity index (χ0v) is 12.5. The normalized spacial score (nSPS) is 22.2. The summed E-state index contributed by atoms with van der Waals surface area (Å²) in [6, 6.07) is 0. The van der Waals surface area contributed by atoms with E-state index < -0.39 is 36.4 Å². The Morgan fingerprint density at radius 3 is 2.36 bits per heavy atom. The minimum absolute atomic E-state index is 0.0485. The summed E-state index contributed by atoms with van der Waals surface area (Å²) in [5.74, 6) is -2.79. The van der Waals surface area contributed by atoms with Gasteiger partial charge in [0.2, 0.25) is 0 Å². The molecule has 10 heteroatoms. The van der Waals surface area contributed by atoms with Crippen molar-refractivity contribution < 1.29 is 27.9 Å². The lowest BCUT2D eigenvalue weighted by Crippen LogP contribution is -2.47. The zero-order chi connectivity index (χ0) is 16.9. The lowest BCUT2D eigenvalue weighted by molar-refractivity contribution is -0.227. The molecule has 122 valence electrons. The SMILES string of the molecule is Cc1c(Cl)c(C(=O)N2CCC(C(=O)O)(C(F)(F)F)C2)nn1C. The van der Waals surface area contributed by atoms with Crippen molar-refractivity contribution in [3.63, 3.8) is 0 Å². The highest BCUT2D eigenvalue weighted by Crippen LogP contribution is 2.46. The first-order valence-electron chi connectivity index (χ1n) is 6.30. The molecule has 2 heterocycles. The fraction of sp³-hybridized carbons (Fsp3) is 0.583. The molecule has 1 aromatic rings. The van der Waals surface area contributed by atoms with Crippen LogP contribution in [0.25, 0.3) is 0 Å². The number of aryl methyl sites for hydroxylation is 1. The third-order valence-corrected chi connectivity index (χ3v) is 4.42. The summed E-state index contributed by atoms with van der Waals surface area (Å²) in [6.07, 6.45) is -5.64. The Kier molecular flexibility index (Phi) is 3.88. The quantitative estimate of drug-likeness (QED) is 0.892. The molecule has 2 rings (SSSR count). The van der Waals surface area contributed by atoms with Crippen LogP contribution < -0.4 is 0 Å². The average Bonchev–Trinajstić information content (AvgIpc) is 2.96. The molecule has 1 fully saturated rings. The van der Waals surface area contributed by atoms with Crippen molar-refractivity contribution in [3.05, 3.63) is 16.4 Å². The lowest BCUT2D eigenvalue weighted by atomic mass is 9.86. The number of hydrogen-bond acceptors (Lipinski definition) is 3. The van der Waals surface area contributed by atoms with E-state index in [1.807, 2.05) is 0 Å². The highest BCUT2D eigenvalue weighted by molar-refractivity contribution is 6.34. The van der Waals surface area contributed by atoms with Crippen molar-refractivity contribution >= 4 is 23.5 Å². The third-order valence-electron chi connectivity index (χ3n) is 3.97. The van der Waals surface area contributed by atoms with Crippen LogP contribution in [0, 0.1) is 12.3 Å². The van der Waals surface area contributed by atoms with E-state index in [2.05, 4.69) is 5.10 Å². The van der Waals surface area contributed by atoms with Crippen LogP contribution in [0.2, 0.25) is 5.02 Å². The Balaban J connectivity index is 2.31. The number of carbonyl (C=O) groups is 2. The predicted octanol–water partition coefficient (Wildman–Crippen LogP) is 1.86. The summed E-state index contributed by atoms with van der Waals surface area (Å²) in [6.45, 7) is 0.334. The number of carboxylic acid groups (broad SMARTS) is 1. The van der Waals surface area contributed by atoms with E-state index in [1.54, 1.807) is 14.0 Å². The summed E-state index contributed by atoms with van der Waals surface area (Å²) in [5, 5.41) is 12.9. The van der Waals surface area contributed by atoms with Crippen LogP contribution in [0.1, 0.15) is 22.6 Å². The van der Waals surface area contributed by atoms with Gasteiger partial charge in [-0.3, -0.25) is 14.3 Å². The van der Waals surface area contributed by atoms with Gasteiger partial charge in [-0.2, -0.15) is 18.3 Å². The minimum Gasteiger partial charge on any atom is -0.481 e. The van der Waals surface area contributed by atoms with E-state index in [0.717, 1.165) is 4.90 Å². The molecule has 1 aliphatic rings. The van der Waals surface area contributed by atoms with Gasteiger partial charge in [0.25, 0.3) is 5.91 Å². The largest absolute Gasteiger partial charge is 0.481 e. The molecule has 1 amide bonds. The number of alkyl halides is 3. The van der Waals surface area contributed by atoms with Gasteiger partial charge in [0.1, 0.15) is 0 Å². The fourth-order valence-electron chi connectivity index (χ4n) is 2.38. The van der Waals surface area contributed by atoms with Crippen LogP contribution in [0.4, 0.5) is 13.2 Å². The molecule has 0 aromatic carbocycles. The number of halogens is 4. The van der Waals surface area contributed by atoms with Gasteiger partial charge in [0.05, 0.1) is 10.7 Å². The first-order valence-corrected chi connectivity index (χ1v) is 6.67. The first-order chi connectivity index (χ1) is 10.0. The Morgan fingerprint density at radius 1 is 1.41 bits per heavy atom. The molecule has 1 aliphatic heterocycles. The molecule has 1 saturated heterocycles. The molecule has 0 aliphatic carbocycles. The molecule has 1 unspecified atom stereocenters. The van der Waals surface area contributed by atoms with Gasteiger partial charge in [-0.25, -0.2) is 0 Å². The first kappa shape index (κ1) is 16.6. The summed E-state index contributed by atoms with van der Waals surface area (Å²) in [5.41, 5.74) is -2.63. The van der Waals surface area contributed by atoms with Crippen LogP contribution in [-0.2, 0) is 11.8 Å². The van der Waals surface area contributed by atoms with Crippen LogP contribution in [-0.4, -0.2) is 50.9 Å². The van der Waals surface area contributed by atoms with Crippen molar-refractivity contribution in [2.24, 2.45) is 12.5 Å². The van der Waals surface area contributed by atoms with Gasteiger partial charge in [-0.15, -0.1) is 0 Å². The molecule has 22 heavy (non-hydrogen) atoms. The Bertz CT molecular complexity index is 644. The number of likely N-dealkylation sites (tertiary alicyclic amines) is 1. The van der Waals surface area contributed by atoms with Crippen molar-refractivity contribution in [1.82, 2.24) is 14.7 Å². The van der Waals surface area contributed by atoms with E-state index in [1.165, 1.54) is 4.68 Å². The Labute approximate surface area is 128 Å². The zero-order valence-electron chi connectivity index (χ0n) is 11.7. The Morgan fingerprint density at radius 2 is 2.00 bits per heavy atom. The number of carboxylic acids is 1. The summed E-state index contributed by atoms with van der Waals surface area (Å²) in [4.78, 5) is 24.2. The summed E-state index contributed by atoms with van der Waals surface area (Å²) in [7, 11) is 1.54. The number of amides is 1. The number of nitrogens with zero attached hydrogens (tertiary/aromatic N) is 3. The number of aromatic nitrogens is 2. The number of hydrogen-bond donors (Lipinski definition) is 1. The van der Waals surface area contributed by atoms with Gasteiger partial charge >= 0.3 is 12.1 Å². The van der Waals surface area contributed by atoms with Crippen LogP contribution in [0.15, 0.2) is 0 Å². The monoisotopic (exact) mass is 339 g/mol. The maximum absolute atomic E-state index is 13.1. The van der Waals surface area contributed by atoms with Crippen LogP contribution in [0.3, 0.4) is 0 Å². The molecule has 0 saturated carbocycles. The van der Waals surface area contributed by atoms with Crippen LogP contribution >= 0.6 is 11.6 Å². The van der Waals surface area contributed by atoms with Gasteiger partial charge in [-0.05, 0) is 13.3 Å². The fourth-order valence-corrected chi connectivity index (χ4v) is 2.62. The highest BCUT2D eigenvalue weighted by Gasteiger charge is 2.64. The molecule has 1 aromatic heterocycles. The van der Waals surface area contributed by atoms with Gasteiger partial charge in [0, 0.05) is 20.1 Å². The van der Waals surface area contributed by atoms with E-state index in [4.69, 9.17) is 16.7 Å². The highest BCUT2D eigenvalue weighted by atomic mass is 35.5. The predicted molar refractivity (Wildman–Crippen MR) is 69.6 cm³/mol. The Hall–Kier alpha value is -1.77. The maximum Gasteiger partial charge on any atom is 0.406 e. The van der Waals surface area contributed by atoms with Crippen molar-refractivity contribution in [2.45, 2.75) is 19.5 Å². The van der Waals surface area contributed by atoms with E-state index >= 15 is 0 Å². The van der Waals surface area contributed by atoms with E-state index in [-0.39, 0.29) is 17.3 Å². The standard InChI is InChI=1S/C12H13ClF3N3O3/c1-6-7(13)8(17-18(6)2)9(20)19-4-3-11(5-19,10(21)22)12(14,15)16/h3-5H2,1-2H3,(H,21,22). The maximum atomic E-state index is 13.1. The topological polar surface area (TPSA) is 75.4 Å². The second-order valence-corrected chi connectivity index (χ2v) is 5.61. The molecule has 6 nitrogen and oxygen atoms in total. The second kappa shape index (κ2) is 5.15. The molecular weight excluding hydrogens is 327 g/mol. The molecule has 0 radical (unpaired) electrons. The van der Waals surface area contributed by atoms with Gasteiger partial charge < -0.3 is 10.0 Å². The molecule has 1 atom stereocenters. The lowest BCUT2D eigenvalue weighted by Gasteiger charge is -2.27. The molecule has 1 N–H and O–H groups in total. The van der Waals surface area contributed by atoms with Crippen molar-refractivity contribution in [1.29, 1.82) is 0 Å². The smallest absolute Gasteiger partial charge is 0.406 e. The van der Waals surface area contributed by atoms with Gasteiger partial charge in [-0.1, -0.05) is 11.6 Å². The third kappa shape index (κ3) is 2.33. The molecular formula is C12H13ClF3N3O3. The average molecular weight is 340 g/mol. The van der Waals surface area contributed by atoms with Gasteiger partial charge in [0.15, 0.2) is 11.1 Å². The van der Waals surface area contributed by atoms with E-state index in [9.17, 15) is 22.8 Å². The van der Waals surface area contributed by atoms with E-state index in [0.29, 0.717) is 5.69 Å². The number of rotatable bonds is 2. The number of aliphatic carboxylic acids is 1. The van der Waals surface area contributed by atoms with Crippen LogP contribution in [0.5, 0.6) is 0 Å². The van der Waals surface area contributed by atoms with Crippen molar-refractivity contribution in [3.8, 4) is 0 Å².